The summed E-state index contributed by atoms with van der Waals surface area (Å²) in [6, 6.07) is 7.56. The van der Waals surface area contributed by atoms with Gasteiger partial charge in [0.05, 0.1) is 6.20 Å². The molecule has 5 heteroatoms. The summed E-state index contributed by atoms with van der Waals surface area (Å²) in [4.78, 5) is 14.7. The van der Waals surface area contributed by atoms with Gasteiger partial charge in [0.2, 0.25) is 0 Å². The van der Waals surface area contributed by atoms with E-state index in [1.165, 1.54) is 0 Å². The number of pyridine rings is 1. The fourth-order valence-electron chi connectivity index (χ4n) is 1.53. The molecule has 0 aliphatic heterocycles. The van der Waals surface area contributed by atoms with Crippen LogP contribution in [-0.4, -0.2) is 17.1 Å². The van der Waals surface area contributed by atoms with Crippen molar-refractivity contribution < 1.29 is 4.74 Å². The van der Waals surface area contributed by atoms with Crippen molar-refractivity contribution >= 4 is 22.4 Å². The van der Waals surface area contributed by atoms with Crippen LogP contribution in [0.3, 0.4) is 0 Å². The lowest BCUT2D eigenvalue weighted by atomic mass is 10.1. The van der Waals surface area contributed by atoms with Crippen molar-refractivity contribution in [1.82, 2.24) is 4.98 Å². The average molecular weight is 265 g/mol. The van der Waals surface area contributed by atoms with Crippen molar-refractivity contribution in [2.75, 3.05) is 6.61 Å². The van der Waals surface area contributed by atoms with Crippen molar-refractivity contribution in [2.45, 2.75) is 19.4 Å². The molecule has 0 fully saturated rings. The number of benzene rings is 1. The van der Waals surface area contributed by atoms with Gasteiger partial charge in [-0.05, 0) is 13.8 Å². The van der Waals surface area contributed by atoms with Crippen LogP contribution in [0.5, 0.6) is 5.75 Å². The second-order valence-corrected chi connectivity index (χ2v) is 5.01. The third-order valence-corrected chi connectivity index (χ3v) is 2.84. The summed E-state index contributed by atoms with van der Waals surface area (Å²) in [5, 5.41) is 5.15. The number of nitroso groups, excluding NO2 is 1. The molecule has 1 heterocycles. The molecule has 0 N–H and O–H groups in total. The minimum atomic E-state index is -0.763. The van der Waals surface area contributed by atoms with Gasteiger partial charge in [-0.25, -0.2) is 4.98 Å². The minimum Gasteiger partial charge on any atom is -0.489 e. The van der Waals surface area contributed by atoms with Gasteiger partial charge in [-0.1, -0.05) is 41.0 Å². The first-order valence-electron chi connectivity index (χ1n) is 5.54. The third-order valence-electron chi connectivity index (χ3n) is 2.54. The molecule has 0 saturated heterocycles. The number of rotatable bonds is 4. The van der Waals surface area contributed by atoms with E-state index < -0.39 is 5.54 Å². The molecule has 0 amide bonds. The summed E-state index contributed by atoms with van der Waals surface area (Å²) in [7, 11) is 0. The highest BCUT2D eigenvalue weighted by Crippen LogP contribution is 2.29. The van der Waals surface area contributed by atoms with E-state index in [1.54, 1.807) is 20.0 Å². The predicted octanol–water partition coefficient (Wildman–Crippen LogP) is 3.81. The largest absolute Gasteiger partial charge is 0.489 e. The second-order valence-electron chi connectivity index (χ2n) is 4.65. The van der Waals surface area contributed by atoms with E-state index in [0.717, 1.165) is 10.8 Å². The summed E-state index contributed by atoms with van der Waals surface area (Å²) in [5.41, 5.74) is -0.763. The van der Waals surface area contributed by atoms with Gasteiger partial charge < -0.3 is 4.74 Å². The van der Waals surface area contributed by atoms with Crippen LogP contribution in [0, 0.1) is 4.91 Å². The molecule has 4 nitrogen and oxygen atoms in total. The fraction of sp³-hybridized carbons (Fsp3) is 0.308. The van der Waals surface area contributed by atoms with Gasteiger partial charge in [-0.15, -0.1) is 0 Å². The Morgan fingerprint density at radius 3 is 2.67 bits per heavy atom. The molecule has 18 heavy (non-hydrogen) atoms. The molecule has 2 rings (SSSR count). The number of hydrogen-bond acceptors (Lipinski definition) is 4. The van der Waals surface area contributed by atoms with Gasteiger partial charge in [-0.2, -0.15) is 4.91 Å². The maximum atomic E-state index is 10.6. The van der Waals surface area contributed by atoms with Crippen LogP contribution in [-0.2, 0) is 0 Å². The molecule has 0 radical (unpaired) electrons. The Kier molecular flexibility index (Phi) is 3.48. The summed E-state index contributed by atoms with van der Waals surface area (Å²) < 4.78 is 5.62. The molecule has 2 aromatic rings. The minimum absolute atomic E-state index is 0.198. The Morgan fingerprint density at radius 1 is 1.33 bits per heavy atom. The molecule has 1 aromatic carbocycles. The lowest BCUT2D eigenvalue weighted by Crippen LogP contribution is -2.25. The van der Waals surface area contributed by atoms with E-state index in [-0.39, 0.29) is 6.61 Å². The van der Waals surface area contributed by atoms with Crippen LogP contribution in [0.1, 0.15) is 13.8 Å². The van der Waals surface area contributed by atoms with Crippen LogP contribution < -0.4 is 4.74 Å². The van der Waals surface area contributed by atoms with E-state index >= 15 is 0 Å². The summed E-state index contributed by atoms with van der Waals surface area (Å²) in [6.07, 6.45) is 1.56. The number of nitrogens with zero attached hydrogens (tertiary/aromatic N) is 2. The molecule has 0 unspecified atom stereocenters. The highest BCUT2D eigenvalue weighted by molar-refractivity contribution is 6.34. The van der Waals surface area contributed by atoms with Crippen LogP contribution >= 0.6 is 11.6 Å². The average Bonchev–Trinajstić information content (AvgIpc) is 2.38. The zero-order valence-corrected chi connectivity index (χ0v) is 10.9. The second kappa shape index (κ2) is 4.90. The molecular formula is C13H13ClN2O2. The van der Waals surface area contributed by atoms with Crippen molar-refractivity contribution in [3.8, 4) is 5.75 Å². The number of halogens is 1. The molecule has 94 valence electrons. The Balaban J connectivity index is 2.35. The Morgan fingerprint density at radius 2 is 2.00 bits per heavy atom. The monoisotopic (exact) mass is 264 g/mol. The standard InChI is InChI=1S/C13H13ClN2O2/c1-13(2,16-17)8-18-11-7-15-12(14)10-6-4-3-5-9(10)11/h3-7H,8H2,1-2H3. The fourth-order valence-corrected chi connectivity index (χ4v) is 1.74. The van der Waals surface area contributed by atoms with Gasteiger partial charge in [0.1, 0.15) is 23.0 Å². The van der Waals surface area contributed by atoms with Crippen molar-refractivity contribution in [3.05, 3.63) is 40.5 Å². The Labute approximate surface area is 110 Å². The summed E-state index contributed by atoms with van der Waals surface area (Å²) in [5.74, 6) is 0.603. The maximum Gasteiger partial charge on any atom is 0.145 e. The van der Waals surface area contributed by atoms with E-state index in [4.69, 9.17) is 16.3 Å². The molecule has 0 aliphatic rings. The van der Waals surface area contributed by atoms with Crippen LogP contribution in [0.2, 0.25) is 5.15 Å². The van der Waals surface area contributed by atoms with Crippen LogP contribution in [0.25, 0.3) is 10.8 Å². The zero-order chi connectivity index (χ0) is 13.2. The molecular weight excluding hydrogens is 252 g/mol. The van der Waals surface area contributed by atoms with Crippen molar-refractivity contribution in [2.24, 2.45) is 5.18 Å². The van der Waals surface area contributed by atoms with Crippen molar-refractivity contribution in [1.29, 1.82) is 0 Å². The van der Waals surface area contributed by atoms with E-state index in [2.05, 4.69) is 10.2 Å². The van der Waals surface area contributed by atoms with Gasteiger partial charge in [0.15, 0.2) is 0 Å². The smallest absolute Gasteiger partial charge is 0.145 e. The first-order valence-corrected chi connectivity index (χ1v) is 5.92. The lowest BCUT2D eigenvalue weighted by molar-refractivity contribution is 0.245. The maximum absolute atomic E-state index is 10.6. The molecule has 0 aliphatic carbocycles. The predicted molar refractivity (Wildman–Crippen MR) is 72.1 cm³/mol. The quantitative estimate of drug-likeness (QED) is 0.623. The topological polar surface area (TPSA) is 51.6 Å². The molecule has 0 atom stereocenters. The first-order chi connectivity index (χ1) is 8.53. The summed E-state index contributed by atoms with van der Waals surface area (Å²) >= 11 is 6.01. The van der Waals surface area contributed by atoms with Crippen molar-refractivity contribution in [3.63, 3.8) is 0 Å². The third kappa shape index (κ3) is 2.59. The van der Waals surface area contributed by atoms with Gasteiger partial charge in [0.25, 0.3) is 0 Å². The molecule has 0 bridgehead atoms. The molecule has 0 spiro atoms. The highest BCUT2D eigenvalue weighted by atomic mass is 35.5. The number of fused-ring (bicyclic) bond motifs is 1. The van der Waals surface area contributed by atoms with E-state index in [1.807, 2.05) is 24.3 Å². The van der Waals surface area contributed by atoms with E-state index in [9.17, 15) is 4.91 Å². The zero-order valence-electron chi connectivity index (χ0n) is 10.2. The summed E-state index contributed by atoms with van der Waals surface area (Å²) in [6.45, 7) is 3.63. The molecule has 1 aromatic heterocycles. The Hall–Kier alpha value is -1.68. The lowest BCUT2D eigenvalue weighted by Gasteiger charge is -2.17. The van der Waals surface area contributed by atoms with Gasteiger partial charge >= 0.3 is 0 Å². The number of aromatic nitrogens is 1. The number of ether oxygens (including phenoxy) is 1. The normalized spacial score (nSPS) is 11.5. The van der Waals surface area contributed by atoms with Gasteiger partial charge in [0, 0.05) is 10.8 Å². The number of hydrogen-bond donors (Lipinski definition) is 0. The first kappa shape index (κ1) is 12.8. The van der Waals surface area contributed by atoms with E-state index in [0.29, 0.717) is 10.9 Å². The Bertz CT molecular complexity index is 584. The highest BCUT2D eigenvalue weighted by Gasteiger charge is 2.20. The van der Waals surface area contributed by atoms with Crippen LogP contribution in [0.15, 0.2) is 35.6 Å². The molecule has 0 saturated carbocycles. The van der Waals surface area contributed by atoms with Crippen LogP contribution in [0.4, 0.5) is 0 Å². The SMILES string of the molecule is CC(C)(COc1cnc(Cl)c2ccccc12)N=O. The van der Waals surface area contributed by atoms with Gasteiger partial charge in [-0.3, -0.25) is 0 Å².